The smallest absolute Gasteiger partial charge is 0.231 e. The Morgan fingerprint density at radius 1 is 1.12 bits per heavy atom. The number of rotatable bonds is 8. The third-order valence-electron chi connectivity index (χ3n) is 5.01. The van der Waals surface area contributed by atoms with Crippen LogP contribution in [0.1, 0.15) is 29.6 Å². The largest absolute Gasteiger partial charge is 0.326 e. The standard InChI is InChI=1S/C23H20FN5OS2/c24-19-9-5-4-8-18(19)22-27-28-23(29(22)17-10-11-17)32-14-16-13-31-21(26-16)12-20(30)25-15-6-2-1-3-7-15/h1-9,13,17H,10-12,14H2,(H,25,30). The van der Waals surface area contributed by atoms with Crippen LogP contribution in [0.4, 0.5) is 10.1 Å². The van der Waals surface area contributed by atoms with Crippen molar-refractivity contribution in [3.63, 3.8) is 0 Å². The van der Waals surface area contributed by atoms with Crippen molar-refractivity contribution in [2.45, 2.75) is 36.2 Å². The topological polar surface area (TPSA) is 72.7 Å². The molecule has 6 nitrogen and oxygen atoms in total. The number of hydrogen-bond donors (Lipinski definition) is 1. The van der Waals surface area contributed by atoms with Gasteiger partial charge in [0.25, 0.3) is 0 Å². The highest BCUT2D eigenvalue weighted by atomic mass is 32.2. The predicted molar refractivity (Wildman–Crippen MR) is 124 cm³/mol. The number of carbonyl (C=O) groups is 1. The summed E-state index contributed by atoms with van der Waals surface area (Å²) in [5.74, 6) is 0.799. The number of halogens is 1. The molecule has 4 aromatic rings. The van der Waals surface area contributed by atoms with Gasteiger partial charge in [0.05, 0.1) is 17.7 Å². The Balaban J connectivity index is 1.25. The number of amides is 1. The SMILES string of the molecule is O=C(Cc1nc(CSc2nnc(-c3ccccc3F)n2C2CC2)cs1)Nc1ccccc1. The van der Waals surface area contributed by atoms with Gasteiger partial charge in [-0.15, -0.1) is 21.5 Å². The van der Waals surface area contributed by atoms with Crippen LogP contribution in [0.25, 0.3) is 11.4 Å². The number of anilines is 1. The summed E-state index contributed by atoms with van der Waals surface area (Å²) in [7, 11) is 0. The second-order valence-corrected chi connectivity index (χ2v) is 9.38. The molecule has 2 aromatic heterocycles. The summed E-state index contributed by atoms with van der Waals surface area (Å²) in [5, 5.41) is 15.0. The van der Waals surface area contributed by atoms with E-state index < -0.39 is 0 Å². The van der Waals surface area contributed by atoms with Crippen LogP contribution in [0.3, 0.4) is 0 Å². The van der Waals surface area contributed by atoms with Crippen LogP contribution in [0.5, 0.6) is 0 Å². The van der Waals surface area contributed by atoms with Gasteiger partial charge in [-0.05, 0) is 37.1 Å². The lowest BCUT2D eigenvalue weighted by Crippen LogP contribution is -2.14. The molecule has 5 rings (SSSR count). The highest BCUT2D eigenvalue weighted by molar-refractivity contribution is 7.98. The van der Waals surface area contributed by atoms with Gasteiger partial charge in [0.2, 0.25) is 5.91 Å². The molecule has 1 aliphatic rings. The number of nitrogens with zero attached hydrogens (tertiary/aromatic N) is 4. The molecule has 162 valence electrons. The molecule has 0 bridgehead atoms. The lowest BCUT2D eigenvalue weighted by Gasteiger charge is -2.09. The Morgan fingerprint density at radius 2 is 1.91 bits per heavy atom. The molecule has 1 amide bonds. The van der Waals surface area contributed by atoms with Gasteiger partial charge in [0, 0.05) is 22.9 Å². The lowest BCUT2D eigenvalue weighted by atomic mass is 10.2. The van der Waals surface area contributed by atoms with Gasteiger partial charge in [-0.2, -0.15) is 0 Å². The number of nitrogens with one attached hydrogen (secondary N) is 1. The maximum Gasteiger partial charge on any atom is 0.231 e. The van der Waals surface area contributed by atoms with Crippen LogP contribution in [-0.4, -0.2) is 25.7 Å². The maximum absolute atomic E-state index is 14.3. The van der Waals surface area contributed by atoms with Gasteiger partial charge in [0.15, 0.2) is 11.0 Å². The van der Waals surface area contributed by atoms with Gasteiger partial charge in [0.1, 0.15) is 10.8 Å². The fraction of sp³-hybridized carbons (Fsp3) is 0.217. The number of benzene rings is 2. The van der Waals surface area contributed by atoms with Gasteiger partial charge >= 0.3 is 0 Å². The molecule has 0 atom stereocenters. The van der Waals surface area contributed by atoms with Gasteiger partial charge in [-0.25, -0.2) is 9.37 Å². The van der Waals surface area contributed by atoms with E-state index in [1.807, 2.05) is 46.3 Å². The minimum atomic E-state index is -0.295. The van der Waals surface area contributed by atoms with E-state index in [-0.39, 0.29) is 18.1 Å². The van der Waals surface area contributed by atoms with Crippen LogP contribution >= 0.6 is 23.1 Å². The van der Waals surface area contributed by atoms with E-state index in [1.54, 1.807) is 12.1 Å². The lowest BCUT2D eigenvalue weighted by molar-refractivity contribution is -0.115. The third-order valence-corrected chi connectivity index (χ3v) is 6.88. The van der Waals surface area contributed by atoms with Gasteiger partial charge in [-0.1, -0.05) is 42.1 Å². The first-order valence-corrected chi connectivity index (χ1v) is 12.1. The van der Waals surface area contributed by atoms with Crippen LogP contribution in [0.15, 0.2) is 65.1 Å². The van der Waals surface area contributed by atoms with Crippen molar-refractivity contribution in [3.05, 3.63) is 76.5 Å². The minimum Gasteiger partial charge on any atom is -0.326 e. The molecule has 0 radical (unpaired) electrons. The Hall–Kier alpha value is -3.04. The zero-order valence-electron chi connectivity index (χ0n) is 17.1. The molecule has 0 unspecified atom stereocenters. The average molecular weight is 466 g/mol. The van der Waals surface area contributed by atoms with E-state index >= 15 is 0 Å². The number of thioether (sulfide) groups is 1. The summed E-state index contributed by atoms with van der Waals surface area (Å²) >= 11 is 3.01. The number of carbonyl (C=O) groups excluding carboxylic acids is 1. The summed E-state index contributed by atoms with van der Waals surface area (Å²) < 4.78 is 16.4. The van der Waals surface area contributed by atoms with Crippen molar-refractivity contribution in [1.82, 2.24) is 19.7 Å². The fourth-order valence-corrected chi connectivity index (χ4v) is 5.16. The average Bonchev–Trinajstić information content (AvgIpc) is 3.39. The molecule has 9 heteroatoms. The molecule has 32 heavy (non-hydrogen) atoms. The van der Waals surface area contributed by atoms with Crippen LogP contribution in [0.2, 0.25) is 0 Å². The van der Waals surface area contributed by atoms with Crippen molar-refractivity contribution in [2.24, 2.45) is 0 Å². The van der Waals surface area contributed by atoms with Crippen molar-refractivity contribution in [1.29, 1.82) is 0 Å². The maximum atomic E-state index is 14.3. The van der Waals surface area contributed by atoms with E-state index in [0.29, 0.717) is 23.2 Å². The molecule has 1 N–H and O–H groups in total. The number of thiazole rings is 1. The Bertz CT molecular complexity index is 1240. The van der Waals surface area contributed by atoms with Crippen molar-refractivity contribution >= 4 is 34.7 Å². The van der Waals surface area contributed by atoms with E-state index in [2.05, 4.69) is 20.5 Å². The summed E-state index contributed by atoms with van der Waals surface area (Å²) in [6.07, 6.45) is 2.33. The van der Waals surface area contributed by atoms with Crippen LogP contribution in [0, 0.1) is 5.82 Å². The molecule has 1 fully saturated rings. The summed E-state index contributed by atoms with van der Waals surface area (Å²) in [6.45, 7) is 0. The fourth-order valence-electron chi connectivity index (χ4n) is 3.36. The Kier molecular flexibility index (Phi) is 6.00. The normalized spacial score (nSPS) is 13.3. The van der Waals surface area contributed by atoms with Crippen molar-refractivity contribution < 1.29 is 9.18 Å². The van der Waals surface area contributed by atoms with Crippen molar-refractivity contribution in [2.75, 3.05) is 5.32 Å². The number of para-hydroxylation sites is 1. The van der Waals surface area contributed by atoms with Crippen LogP contribution in [-0.2, 0) is 17.0 Å². The first-order valence-electron chi connectivity index (χ1n) is 10.3. The second-order valence-electron chi connectivity index (χ2n) is 7.50. The molecule has 2 aromatic carbocycles. The second kappa shape index (κ2) is 9.22. The summed E-state index contributed by atoms with van der Waals surface area (Å²) in [4.78, 5) is 16.9. The van der Waals surface area contributed by atoms with E-state index in [9.17, 15) is 9.18 Å². The number of hydrogen-bond acceptors (Lipinski definition) is 6. The minimum absolute atomic E-state index is 0.0900. The van der Waals surface area contributed by atoms with Gasteiger partial charge in [-0.3, -0.25) is 9.36 Å². The van der Waals surface area contributed by atoms with Crippen molar-refractivity contribution in [3.8, 4) is 11.4 Å². The highest BCUT2D eigenvalue weighted by Gasteiger charge is 2.31. The molecular formula is C23H20FN5OS2. The molecular weight excluding hydrogens is 445 g/mol. The first kappa shape index (κ1) is 20.8. The molecule has 0 spiro atoms. The Morgan fingerprint density at radius 3 is 2.69 bits per heavy atom. The zero-order chi connectivity index (χ0) is 21.9. The molecule has 0 saturated heterocycles. The van der Waals surface area contributed by atoms with E-state index in [0.717, 1.165) is 34.4 Å². The summed E-state index contributed by atoms with van der Waals surface area (Å²) in [5.41, 5.74) is 2.13. The molecule has 1 aliphatic carbocycles. The molecule has 0 aliphatic heterocycles. The summed E-state index contributed by atoms with van der Waals surface area (Å²) in [6, 6.07) is 16.4. The molecule has 2 heterocycles. The predicted octanol–water partition coefficient (Wildman–Crippen LogP) is 5.35. The van der Waals surface area contributed by atoms with Crippen LogP contribution < -0.4 is 5.32 Å². The zero-order valence-corrected chi connectivity index (χ0v) is 18.7. The van der Waals surface area contributed by atoms with Gasteiger partial charge < -0.3 is 5.32 Å². The molecule has 1 saturated carbocycles. The third kappa shape index (κ3) is 4.73. The van der Waals surface area contributed by atoms with E-state index in [1.165, 1.54) is 29.2 Å². The number of aromatic nitrogens is 4. The monoisotopic (exact) mass is 465 g/mol. The Labute approximate surface area is 192 Å². The highest BCUT2D eigenvalue weighted by Crippen LogP contribution is 2.41. The first-order chi connectivity index (χ1) is 15.7. The van der Waals surface area contributed by atoms with E-state index in [4.69, 9.17) is 0 Å². The quantitative estimate of drug-likeness (QED) is 0.355.